The predicted molar refractivity (Wildman–Crippen MR) is 57.4 cm³/mol. The van der Waals surface area contributed by atoms with Crippen molar-refractivity contribution in [2.75, 3.05) is 0 Å². The molecule has 1 saturated carbocycles. The number of aromatic nitrogens is 2. The highest BCUT2D eigenvalue weighted by Gasteiger charge is 2.20. The number of benzene rings is 1. The summed E-state index contributed by atoms with van der Waals surface area (Å²) in [6.45, 7) is 2.14. The molecule has 0 amide bonds. The average Bonchev–Trinajstić information content (AvgIpc) is 2.46. The summed E-state index contributed by atoms with van der Waals surface area (Å²) in [4.78, 5) is 4.43. The first-order valence-corrected chi connectivity index (χ1v) is 5.28. The first-order valence-electron chi connectivity index (χ1n) is 5.28. The van der Waals surface area contributed by atoms with Gasteiger partial charge in [0.2, 0.25) is 0 Å². The van der Waals surface area contributed by atoms with E-state index in [0.29, 0.717) is 6.04 Å². The summed E-state index contributed by atoms with van der Waals surface area (Å²) in [6, 6.07) is 7.18. The molecular weight excluding hydrogens is 172 g/mol. The quantitative estimate of drug-likeness (QED) is 0.669. The average molecular weight is 186 g/mol. The van der Waals surface area contributed by atoms with Crippen molar-refractivity contribution in [3.8, 4) is 0 Å². The Kier molecular flexibility index (Phi) is 1.63. The molecule has 0 saturated heterocycles. The minimum absolute atomic E-state index is 0.710. The lowest BCUT2D eigenvalue weighted by Crippen LogP contribution is -2.15. The Labute approximate surface area is 83.6 Å². The largest absolute Gasteiger partial charge is 0.327 e. The molecule has 2 heteroatoms. The highest BCUT2D eigenvalue weighted by molar-refractivity contribution is 5.76. The van der Waals surface area contributed by atoms with Crippen LogP contribution in [0.15, 0.2) is 24.5 Å². The van der Waals surface area contributed by atoms with Crippen LogP contribution in [0.4, 0.5) is 0 Å². The van der Waals surface area contributed by atoms with E-state index in [1.165, 1.54) is 30.3 Å². The Balaban J connectivity index is 2.18. The van der Waals surface area contributed by atoms with Crippen molar-refractivity contribution < 1.29 is 0 Å². The van der Waals surface area contributed by atoms with E-state index in [2.05, 4.69) is 34.7 Å². The third kappa shape index (κ3) is 1.07. The van der Waals surface area contributed by atoms with Gasteiger partial charge in [-0.05, 0) is 43.9 Å². The van der Waals surface area contributed by atoms with Gasteiger partial charge in [-0.3, -0.25) is 0 Å². The lowest BCUT2D eigenvalue weighted by molar-refractivity contribution is 0.320. The van der Waals surface area contributed by atoms with Crippen LogP contribution in [0, 0.1) is 6.92 Å². The Bertz CT molecular complexity index is 466. The molecular formula is C12H14N2. The first-order chi connectivity index (χ1) is 6.84. The van der Waals surface area contributed by atoms with Gasteiger partial charge in [-0.25, -0.2) is 4.98 Å². The van der Waals surface area contributed by atoms with Gasteiger partial charge in [0.05, 0.1) is 17.4 Å². The normalized spacial score (nSPS) is 17.2. The van der Waals surface area contributed by atoms with Crippen LogP contribution in [0.5, 0.6) is 0 Å². The molecule has 1 aliphatic carbocycles. The molecule has 0 atom stereocenters. The van der Waals surface area contributed by atoms with Crippen molar-refractivity contribution in [2.45, 2.75) is 32.2 Å². The van der Waals surface area contributed by atoms with Gasteiger partial charge in [0.15, 0.2) is 0 Å². The van der Waals surface area contributed by atoms with E-state index in [-0.39, 0.29) is 0 Å². The summed E-state index contributed by atoms with van der Waals surface area (Å²) in [6.07, 6.45) is 6.00. The number of fused-ring (bicyclic) bond motifs is 1. The van der Waals surface area contributed by atoms with Crippen molar-refractivity contribution in [3.05, 3.63) is 30.1 Å². The van der Waals surface area contributed by atoms with Crippen LogP contribution in [0.1, 0.15) is 30.9 Å². The molecule has 1 heterocycles. The highest BCUT2D eigenvalue weighted by Crippen LogP contribution is 2.33. The Morgan fingerprint density at radius 2 is 2.21 bits per heavy atom. The van der Waals surface area contributed by atoms with E-state index in [1.807, 2.05) is 6.33 Å². The SMILES string of the molecule is Cc1ccc2ncn(C3CCC3)c2c1. The van der Waals surface area contributed by atoms with Crippen LogP contribution in [0.3, 0.4) is 0 Å². The molecule has 0 radical (unpaired) electrons. The summed E-state index contributed by atoms with van der Waals surface area (Å²) >= 11 is 0. The van der Waals surface area contributed by atoms with Crippen molar-refractivity contribution in [2.24, 2.45) is 0 Å². The number of hydrogen-bond donors (Lipinski definition) is 0. The second-order valence-corrected chi connectivity index (χ2v) is 4.23. The summed E-state index contributed by atoms with van der Waals surface area (Å²) in [5, 5.41) is 0. The molecule has 2 nitrogen and oxygen atoms in total. The van der Waals surface area contributed by atoms with Gasteiger partial charge in [0, 0.05) is 6.04 Å². The van der Waals surface area contributed by atoms with Gasteiger partial charge in [-0.15, -0.1) is 0 Å². The van der Waals surface area contributed by atoms with Gasteiger partial charge in [-0.1, -0.05) is 6.07 Å². The maximum absolute atomic E-state index is 4.43. The number of rotatable bonds is 1. The molecule has 0 bridgehead atoms. The summed E-state index contributed by atoms with van der Waals surface area (Å²) in [7, 11) is 0. The van der Waals surface area contributed by atoms with Gasteiger partial charge in [0.25, 0.3) is 0 Å². The maximum Gasteiger partial charge on any atom is 0.0960 e. The molecule has 0 spiro atoms. The standard InChI is InChI=1S/C12H14N2/c1-9-5-6-11-12(7-9)14(8-13-11)10-3-2-4-10/h5-8,10H,2-4H2,1H3. The van der Waals surface area contributed by atoms with Crippen molar-refractivity contribution in [3.63, 3.8) is 0 Å². The molecule has 1 aliphatic rings. The second-order valence-electron chi connectivity index (χ2n) is 4.23. The zero-order valence-electron chi connectivity index (χ0n) is 8.40. The van der Waals surface area contributed by atoms with Crippen LogP contribution in [0.25, 0.3) is 11.0 Å². The smallest absolute Gasteiger partial charge is 0.0960 e. The minimum atomic E-state index is 0.710. The zero-order chi connectivity index (χ0) is 9.54. The number of aryl methyl sites for hydroxylation is 1. The predicted octanol–water partition coefficient (Wildman–Crippen LogP) is 3.07. The van der Waals surface area contributed by atoms with E-state index < -0.39 is 0 Å². The molecule has 0 N–H and O–H groups in total. The van der Waals surface area contributed by atoms with Crippen molar-refractivity contribution in [1.29, 1.82) is 0 Å². The number of imidazole rings is 1. The van der Waals surface area contributed by atoms with Crippen LogP contribution >= 0.6 is 0 Å². The maximum atomic E-state index is 4.43. The summed E-state index contributed by atoms with van der Waals surface area (Å²) in [5.74, 6) is 0. The van der Waals surface area contributed by atoms with E-state index in [9.17, 15) is 0 Å². The van der Waals surface area contributed by atoms with E-state index in [1.54, 1.807) is 0 Å². The third-order valence-corrected chi connectivity index (χ3v) is 3.20. The molecule has 0 aliphatic heterocycles. The van der Waals surface area contributed by atoms with E-state index in [4.69, 9.17) is 0 Å². The molecule has 1 aromatic heterocycles. The second kappa shape index (κ2) is 2.84. The molecule has 2 aromatic rings. The molecule has 72 valence electrons. The van der Waals surface area contributed by atoms with Crippen molar-refractivity contribution in [1.82, 2.24) is 9.55 Å². The lowest BCUT2D eigenvalue weighted by Gasteiger charge is -2.27. The van der Waals surface area contributed by atoms with Crippen LogP contribution in [0.2, 0.25) is 0 Å². The van der Waals surface area contributed by atoms with Gasteiger partial charge in [-0.2, -0.15) is 0 Å². The number of hydrogen-bond acceptors (Lipinski definition) is 1. The Hall–Kier alpha value is -1.31. The van der Waals surface area contributed by atoms with E-state index >= 15 is 0 Å². The van der Waals surface area contributed by atoms with Crippen LogP contribution in [-0.4, -0.2) is 9.55 Å². The molecule has 3 rings (SSSR count). The summed E-state index contributed by atoms with van der Waals surface area (Å²) < 4.78 is 2.34. The fraction of sp³-hybridized carbons (Fsp3) is 0.417. The summed E-state index contributed by atoms with van der Waals surface area (Å²) in [5.41, 5.74) is 3.75. The fourth-order valence-corrected chi connectivity index (χ4v) is 2.09. The molecule has 1 fully saturated rings. The van der Waals surface area contributed by atoms with Gasteiger partial charge >= 0.3 is 0 Å². The third-order valence-electron chi connectivity index (χ3n) is 3.20. The van der Waals surface area contributed by atoms with Gasteiger partial charge in [0.1, 0.15) is 0 Å². The molecule has 1 aromatic carbocycles. The lowest BCUT2D eigenvalue weighted by atomic mass is 9.93. The molecule has 0 unspecified atom stereocenters. The highest BCUT2D eigenvalue weighted by atomic mass is 15.1. The zero-order valence-corrected chi connectivity index (χ0v) is 8.40. The Morgan fingerprint density at radius 3 is 2.93 bits per heavy atom. The fourth-order valence-electron chi connectivity index (χ4n) is 2.09. The topological polar surface area (TPSA) is 17.8 Å². The van der Waals surface area contributed by atoms with E-state index in [0.717, 1.165) is 5.52 Å². The Morgan fingerprint density at radius 1 is 1.36 bits per heavy atom. The first kappa shape index (κ1) is 8.04. The van der Waals surface area contributed by atoms with Crippen molar-refractivity contribution >= 4 is 11.0 Å². The molecule has 14 heavy (non-hydrogen) atoms. The number of nitrogens with zero attached hydrogens (tertiary/aromatic N) is 2. The van der Waals surface area contributed by atoms with Crippen LogP contribution < -0.4 is 0 Å². The minimum Gasteiger partial charge on any atom is -0.327 e. The van der Waals surface area contributed by atoms with Crippen LogP contribution in [-0.2, 0) is 0 Å². The monoisotopic (exact) mass is 186 g/mol. The van der Waals surface area contributed by atoms with Gasteiger partial charge < -0.3 is 4.57 Å².